The highest BCUT2D eigenvalue weighted by atomic mass is 32.2. The standard InChI is InChI=1S/C16H11NO6S2/c17-14-10-6-4-8-2-1-3-9-5-7-11(13(10)12(8)9)15(24(18,19)20)16(14)25(21,22)23/h1-7H,17H2,(H,18,19,20)(H,21,22,23). The van der Waals surface area contributed by atoms with Gasteiger partial charge in [0.2, 0.25) is 0 Å². The van der Waals surface area contributed by atoms with Crippen LogP contribution in [0.2, 0.25) is 0 Å². The second-order valence-electron chi connectivity index (χ2n) is 5.70. The minimum Gasteiger partial charge on any atom is -0.397 e. The van der Waals surface area contributed by atoms with E-state index in [4.69, 9.17) is 5.73 Å². The number of benzene rings is 4. The van der Waals surface area contributed by atoms with Crippen molar-refractivity contribution in [3.05, 3.63) is 42.5 Å². The van der Waals surface area contributed by atoms with E-state index in [-0.39, 0.29) is 10.8 Å². The second kappa shape index (κ2) is 4.79. The quantitative estimate of drug-likeness (QED) is 0.278. The zero-order valence-corrected chi connectivity index (χ0v) is 14.1. The van der Waals surface area contributed by atoms with Gasteiger partial charge in [0.05, 0.1) is 5.69 Å². The van der Waals surface area contributed by atoms with Gasteiger partial charge >= 0.3 is 0 Å². The smallest absolute Gasteiger partial charge is 0.298 e. The number of nitrogens with two attached hydrogens (primary N) is 1. The number of hydrogen-bond acceptors (Lipinski definition) is 5. The van der Waals surface area contributed by atoms with Crippen molar-refractivity contribution in [1.29, 1.82) is 0 Å². The van der Waals surface area contributed by atoms with Crippen LogP contribution in [0, 0.1) is 0 Å². The molecule has 0 aliphatic carbocycles. The van der Waals surface area contributed by atoms with E-state index in [1.807, 2.05) is 18.2 Å². The third-order valence-corrected chi connectivity index (χ3v) is 6.29. The fraction of sp³-hybridized carbons (Fsp3) is 0. The van der Waals surface area contributed by atoms with Gasteiger partial charge in [0, 0.05) is 16.2 Å². The lowest BCUT2D eigenvalue weighted by atomic mass is 9.93. The summed E-state index contributed by atoms with van der Waals surface area (Å²) < 4.78 is 66.6. The third-order valence-electron chi connectivity index (χ3n) is 4.28. The Kier molecular flexibility index (Phi) is 3.07. The van der Waals surface area contributed by atoms with Gasteiger partial charge in [0.15, 0.2) is 0 Å². The number of nitrogen functional groups attached to an aromatic ring is 1. The predicted molar refractivity (Wildman–Crippen MR) is 94.2 cm³/mol. The summed E-state index contributed by atoms with van der Waals surface area (Å²) in [5.74, 6) is 0. The summed E-state index contributed by atoms with van der Waals surface area (Å²) in [5, 5.41) is 2.96. The molecule has 128 valence electrons. The normalized spacial score (nSPS) is 13.2. The summed E-state index contributed by atoms with van der Waals surface area (Å²) in [6.45, 7) is 0. The summed E-state index contributed by atoms with van der Waals surface area (Å²) in [5.41, 5.74) is 5.47. The average Bonchev–Trinajstić information content (AvgIpc) is 2.51. The Morgan fingerprint density at radius 1 is 0.680 bits per heavy atom. The Morgan fingerprint density at radius 2 is 1.20 bits per heavy atom. The highest BCUT2D eigenvalue weighted by Gasteiger charge is 2.31. The Morgan fingerprint density at radius 3 is 1.72 bits per heavy atom. The summed E-state index contributed by atoms with van der Waals surface area (Å²) in [6, 6.07) is 11.8. The van der Waals surface area contributed by atoms with E-state index in [2.05, 4.69) is 0 Å². The van der Waals surface area contributed by atoms with Crippen LogP contribution in [0.3, 0.4) is 0 Å². The molecule has 0 aromatic heterocycles. The fourth-order valence-corrected chi connectivity index (χ4v) is 5.53. The molecular weight excluding hydrogens is 366 g/mol. The molecule has 0 bridgehead atoms. The Hall–Kier alpha value is -2.46. The number of rotatable bonds is 2. The Balaban J connectivity index is 2.48. The average molecular weight is 377 g/mol. The van der Waals surface area contributed by atoms with Gasteiger partial charge in [-0.2, -0.15) is 16.8 Å². The molecule has 0 aliphatic rings. The lowest BCUT2D eigenvalue weighted by Gasteiger charge is -2.17. The van der Waals surface area contributed by atoms with Crippen LogP contribution in [-0.2, 0) is 20.2 Å². The van der Waals surface area contributed by atoms with Crippen molar-refractivity contribution in [2.24, 2.45) is 0 Å². The van der Waals surface area contributed by atoms with Crippen molar-refractivity contribution in [3.63, 3.8) is 0 Å². The van der Waals surface area contributed by atoms with Crippen molar-refractivity contribution in [3.8, 4) is 0 Å². The molecule has 0 radical (unpaired) electrons. The van der Waals surface area contributed by atoms with Gasteiger partial charge in [-0.15, -0.1) is 0 Å². The molecular formula is C16H11NO6S2. The van der Waals surface area contributed by atoms with Gasteiger partial charge in [0.1, 0.15) is 9.79 Å². The van der Waals surface area contributed by atoms with Crippen LogP contribution in [0.25, 0.3) is 32.3 Å². The molecule has 4 aromatic rings. The zero-order chi connectivity index (χ0) is 18.1. The topological polar surface area (TPSA) is 135 Å². The molecule has 0 heterocycles. The lowest BCUT2D eigenvalue weighted by molar-refractivity contribution is 0.468. The molecule has 7 nitrogen and oxygen atoms in total. The van der Waals surface area contributed by atoms with E-state index >= 15 is 0 Å². The van der Waals surface area contributed by atoms with E-state index in [0.717, 1.165) is 10.8 Å². The largest absolute Gasteiger partial charge is 0.397 e. The maximum absolute atomic E-state index is 11.9. The van der Waals surface area contributed by atoms with Crippen LogP contribution in [0.4, 0.5) is 5.69 Å². The van der Waals surface area contributed by atoms with Gasteiger partial charge in [-0.1, -0.05) is 42.5 Å². The first kappa shape index (κ1) is 16.0. The van der Waals surface area contributed by atoms with Crippen LogP contribution in [0.15, 0.2) is 52.3 Å². The zero-order valence-electron chi connectivity index (χ0n) is 12.5. The molecule has 9 heteroatoms. The van der Waals surface area contributed by atoms with E-state index in [9.17, 15) is 25.9 Å². The molecule has 0 spiro atoms. The van der Waals surface area contributed by atoms with Gasteiger partial charge in [-0.3, -0.25) is 9.11 Å². The van der Waals surface area contributed by atoms with Crippen molar-refractivity contribution >= 4 is 58.2 Å². The van der Waals surface area contributed by atoms with Gasteiger partial charge in [-0.25, -0.2) is 0 Å². The lowest BCUT2D eigenvalue weighted by Crippen LogP contribution is -2.13. The maximum atomic E-state index is 11.9. The minimum absolute atomic E-state index is 0.0244. The molecule has 4 rings (SSSR count). The molecule has 4 N–H and O–H groups in total. The molecule has 4 aromatic carbocycles. The summed E-state index contributed by atoms with van der Waals surface area (Å²) in [4.78, 5) is -1.93. The van der Waals surface area contributed by atoms with Crippen molar-refractivity contribution in [2.75, 3.05) is 5.73 Å². The first-order valence-electron chi connectivity index (χ1n) is 7.04. The Labute approximate surface area is 142 Å². The minimum atomic E-state index is -5.00. The summed E-state index contributed by atoms with van der Waals surface area (Å²) in [6.07, 6.45) is 0. The van der Waals surface area contributed by atoms with Crippen LogP contribution in [0.5, 0.6) is 0 Å². The monoisotopic (exact) mass is 377 g/mol. The van der Waals surface area contributed by atoms with Gasteiger partial charge < -0.3 is 5.73 Å². The molecule has 25 heavy (non-hydrogen) atoms. The fourth-order valence-electron chi connectivity index (χ4n) is 3.38. The van der Waals surface area contributed by atoms with Crippen molar-refractivity contribution < 1.29 is 25.9 Å². The van der Waals surface area contributed by atoms with Gasteiger partial charge in [0.25, 0.3) is 20.2 Å². The summed E-state index contributed by atoms with van der Waals surface area (Å²) in [7, 11) is -9.99. The van der Waals surface area contributed by atoms with Gasteiger partial charge in [-0.05, 0) is 16.2 Å². The molecule has 0 aliphatic heterocycles. The Bertz CT molecular complexity index is 1380. The molecule has 0 atom stereocenters. The molecule has 0 saturated carbocycles. The van der Waals surface area contributed by atoms with Crippen molar-refractivity contribution in [1.82, 2.24) is 0 Å². The van der Waals surface area contributed by atoms with E-state index in [1.165, 1.54) is 6.07 Å². The van der Waals surface area contributed by atoms with Crippen LogP contribution in [-0.4, -0.2) is 25.9 Å². The molecule has 0 amide bonds. The molecule has 0 saturated heterocycles. The highest BCUT2D eigenvalue weighted by molar-refractivity contribution is 7.89. The highest BCUT2D eigenvalue weighted by Crippen LogP contribution is 2.43. The number of anilines is 1. The summed E-state index contributed by atoms with van der Waals surface area (Å²) >= 11 is 0. The van der Waals surface area contributed by atoms with Crippen LogP contribution < -0.4 is 5.73 Å². The second-order valence-corrected chi connectivity index (χ2v) is 8.42. The maximum Gasteiger partial charge on any atom is 0.298 e. The van der Waals surface area contributed by atoms with E-state index in [1.54, 1.807) is 18.2 Å². The van der Waals surface area contributed by atoms with E-state index < -0.39 is 35.7 Å². The molecule has 0 fully saturated rings. The molecule has 0 unspecified atom stereocenters. The van der Waals surface area contributed by atoms with Crippen molar-refractivity contribution in [2.45, 2.75) is 9.79 Å². The SMILES string of the molecule is Nc1c(S(=O)(=O)O)c(S(=O)(=O)O)c2ccc3cccc4ccc1c2c43. The van der Waals surface area contributed by atoms with E-state index in [0.29, 0.717) is 10.8 Å². The third kappa shape index (κ3) is 2.17. The first-order chi connectivity index (χ1) is 11.6. The first-order valence-corrected chi connectivity index (χ1v) is 9.92. The van der Waals surface area contributed by atoms with Crippen LogP contribution in [0.1, 0.15) is 0 Å². The number of hydrogen-bond donors (Lipinski definition) is 3. The van der Waals surface area contributed by atoms with Crippen LogP contribution >= 0.6 is 0 Å². The predicted octanol–water partition coefficient (Wildman–Crippen LogP) is 2.66.